The molecule has 4 unspecified atom stereocenters. The van der Waals surface area contributed by atoms with Crippen molar-refractivity contribution in [1.82, 2.24) is 0 Å². The highest BCUT2D eigenvalue weighted by molar-refractivity contribution is 4.81. The lowest BCUT2D eigenvalue weighted by molar-refractivity contribution is -0.854. The highest BCUT2D eigenvalue weighted by Gasteiger charge is 2.35. The summed E-state index contributed by atoms with van der Waals surface area (Å²) in [4.78, 5) is 0. The summed E-state index contributed by atoms with van der Waals surface area (Å²) in [6.07, 6.45) is 11.6. The number of quaternary nitrogens is 2. The molecule has 1 saturated carbocycles. The Hall–Kier alpha value is -0.160. The van der Waals surface area contributed by atoms with Gasteiger partial charge < -0.3 is 19.7 Å². The van der Waals surface area contributed by atoms with Crippen LogP contribution >= 0.6 is 0 Å². The van der Waals surface area contributed by atoms with E-state index in [0.29, 0.717) is 24.9 Å². The Balaban J connectivity index is 2.43. The van der Waals surface area contributed by atoms with Crippen molar-refractivity contribution in [2.45, 2.75) is 78.6 Å². The van der Waals surface area contributed by atoms with Gasteiger partial charge >= 0.3 is 0 Å². The molecule has 0 heterocycles. The van der Waals surface area contributed by atoms with E-state index in [1.54, 1.807) is 28.2 Å². The largest absolute Gasteiger partial charge is 0.633 e. The molecule has 0 aromatic heterocycles. The predicted octanol–water partition coefficient (Wildman–Crippen LogP) is 5.80. The van der Waals surface area contributed by atoms with Crippen LogP contribution in [0.4, 0.5) is 0 Å². The fourth-order valence-corrected chi connectivity index (χ4v) is 5.05. The molecule has 1 aliphatic carbocycles. The van der Waals surface area contributed by atoms with Crippen LogP contribution in [0.15, 0.2) is 0 Å². The fourth-order valence-electron chi connectivity index (χ4n) is 5.05. The van der Waals surface area contributed by atoms with Crippen molar-refractivity contribution in [3.05, 3.63) is 10.4 Å². The van der Waals surface area contributed by atoms with E-state index >= 15 is 0 Å². The zero-order chi connectivity index (χ0) is 20.7. The normalized spacial score (nSPS) is 25.8. The molecule has 1 fully saturated rings. The predicted molar refractivity (Wildman–Crippen MR) is 117 cm³/mol. The maximum atomic E-state index is 12.3. The average molecular weight is 385 g/mol. The van der Waals surface area contributed by atoms with Crippen molar-refractivity contribution in [1.29, 1.82) is 0 Å². The second-order valence-corrected chi connectivity index (χ2v) is 11.1. The molecular weight excluding hydrogens is 336 g/mol. The van der Waals surface area contributed by atoms with Gasteiger partial charge in [-0.1, -0.05) is 59.3 Å². The Morgan fingerprint density at radius 2 is 1.33 bits per heavy atom. The lowest BCUT2D eigenvalue weighted by Gasteiger charge is -2.46. The molecule has 0 aliphatic heterocycles. The summed E-state index contributed by atoms with van der Waals surface area (Å²) in [6, 6.07) is 0. The summed E-state index contributed by atoms with van der Waals surface area (Å²) < 4.78 is -0.459. The quantitative estimate of drug-likeness (QED) is 0.315. The van der Waals surface area contributed by atoms with E-state index < -0.39 is 0 Å². The summed E-state index contributed by atoms with van der Waals surface area (Å²) in [5.74, 6) is 3.24. The van der Waals surface area contributed by atoms with Crippen LogP contribution < -0.4 is 0 Å². The van der Waals surface area contributed by atoms with Crippen molar-refractivity contribution in [2.75, 3.05) is 41.3 Å². The Morgan fingerprint density at radius 3 is 1.89 bits per heavy atom. The summed E-state index contributed by atoms with van der Waals surface area (Å²) >= 11 is 0. The van der Waals surface area contributed by atoms with Gasteiger partial charge in [0.2, 0.25) is 0 Å². The van der Waals surface area contributed by atoms with Crippen LogP contribution in [0.5, 0.6) is 0 Å². The minimum Gasteiger partial charge on any atom is -0.633 e. The number of rotatable bonds is 12. The number of hydrogen-bond donors (Lipinski definition) is 0. The molecule has 0 N–H and O–H groups in total. The third-order valence-corrected chi connectivity index (χ3v) is 6.38. The molecule has 4 heteroatoms. The summed E-state index contributed by atoms with van der Waals surface area (Å²) in [6.45, 7) is 8.35. The molecule has 4 atom stereocenters. The first-order chi connectivity index (χ1) is 12.4. The highest BCUT2D eigenvalue weighted by Crippen LogP contribution is 2.38. The molecule has 1 aliphatic rings. The number of hydrogen-bond acceptors (Lipinski definition) is 2. The molecule has 4 nitrogen and oxygen atoms in total. The van der Waals surface area contributed by atoms with Crippen LogP contribution in [0.25, 0.3) is 0 Å². The third kappa shape index (κ3) is 12.1. The second-order valence-electron chi connectivity index (χ2n) is 11.1. The zero-order valence-corrected chi connectivity index (χ0v) is 19.4. The zero-order valence-electron chi connectivity index (χ0n) is 19.4. The van der Waals surface area contributed by atoms with E-state index in [1.807, 2.05) is 0 Å². The Bertz CT molecular complexity index is 398. The van der Waals surface area contributed by atoms with Crippen LogP contribution in [0, 0.1) is 40.0 Å². The Labute approximate surface area is 169 Å². The fraction of sp³-hybridized carbons (Fsp3) is 1.00. The SMILES string of the molecule is CC(C)CCCC(C)CCCC1CCC(C[N+](C)(C)[O-])C(C[N+](C)(C)[O-])C1. The van der Waals surface area contributed by atoms with Gasteiger partial charge in [0.15, 0.2) is 0 Å². The first kappa shape index (κ1) is 24.9. The minimum absolute atomic E-state index is 0.229. The maximum Gasteiger partial charge on any atom is 0.0813 e. The molecule has 0 saturated heterocycles. The Kier molecular flexibility index (Phi) is 10.3. The van der Waals surface area contributed by atoms with E-state index in [9.17, 15) is 10.4 Å². The van der Waals surface area contributed by atoms with Crippen LogP contribution in [0.1, 0.15) is 78.6 Å². The third-order valence-electron chi connectivity index (χ3n) is 6.38. The molecule has 27 heavy (non-hydrogen) atoms. The molecule has 0 bridgehead atoms. The van der Waals surface area contributed by atoms with Gasteiger partial charge in [0, 0.05) is 11.8 Å². The lowest BCUT2D eigenvalue weighted by Crippen LogP contribution is -2.47. The van der Waals surface area contributed by atoms with Crippen molar-refractivity contribution >= 4 is 0 Å². The standard InChI is InChI=1S/C23H48N2O2/c1-19(2)10-8-11-20(3)12-9-13-21-14-15-22(17-24(4,5)26)23(16-21)18-25(6,7)27/h19-23H,8-18H2,1-7H3. The van der Waals surface area contributed by atoms with Crippen LogP contribution in [-0.4, -0.2) is 50.6 Å². The summed E-state index contributed by atoms with van der Waals surface area (Å²) in [5.41, 5.74) is 0. The van der Waals surface area contributed by atoms with Crippen molar-refractivity contribution in [3.8, 4) is 0 Å². The van der Waals surface area contributed by atoms with Gasteiger partial charge in [-0.3, -0.25) is 0 Å². The molecular formula is C23H48N2O2. The molecule has 0 spiro atoms. The highest BCUT2D eigenvalue weighted by atomic mass is 16.5. The second kappa shape index (κ2) is 11.1. The van der Waals surface area contributed by atoms with E-state index in [2.05, 4.69) is 20.8 Å². The molecule has 1 rings (SSSR count). The number of hydroxylamine groups is 6. The molecule has 0 aromatic rings. The number of nitrogens with zero attached hydrogens (tertiary/aromatic N) is 2. The van der Waals surface area contributed by atoms with E-state index in [0.717, 1.165) is 30.6 Å². The van der Waals surface area contributed by atoms with Crippen molar-refractivity contribution < 1.29 is 9.29 Å². The smallest absolute Gasteiger partial charge is 0.0813 e. The van der Waals surface area contributed by atoms with Crippen molar-refractivity contribution in [3.63, 3.8) is 0 Å². The van der Waals surface area contributed by atoms with Gasteiger partial charge in [0.05, 0.1) is 41.3 Å². The molecule has 0 radical (unpaired) electrons. The van der Waals surface area contributed by atoms with E-state index in [1.165, 1.54) is 44.9 Å². The van der Waals surface area contributed by atoms with Gasteiger partial charge in [0.1, 0.15) is 0 Å². The van der Waals surface area contributed by atoms with E-state index in [-0.39, 0.29) is 9.29 Å². The maximum absolute atomic E-state index is 12.3. The van der Waals surface area contributed by atoms with Gasteiger partial charge in [0.25, 0.3) is 0 Å². The van der Waals surface area contributed by atoms with Crippen LogP contribution in [0.3, 0.4) is 0 Å². The average Bonchev–Trinajstić information content (AvgIpc) is 2.46. The minimum atomic E-state index is -0.230. The topological polar surface area (TPSA) is 46.1 Å². The summed E-state index contributed by atoms with van der Waals surface area (Å²) in [5, 5.41) is 24.5. The van der Waals surface area contributed by atoms with Crippen LogP contribution in [-0.2, 0) is 0 Å². The van der Waals surface area contributed by atoms with Gasteiger partial charge in [-0.05, 0) is 37.0 Å². The lowest BCUT2D eigenvalue weighted by atomic mass is 9.72. The molecule has 162 valence electrons. The van der Waals surface area contributed by atoms with Gasteiger partial charge in [-0.25, -0.2) is 0 Å². The first-order valence-electron chi connectivity index (χ1n) is 11.4. The summed E-state index contributed by atoms with van der Waals surface area (Å²) in [7, 11) is 6.97. The molecule has 0 amide bonds. The first-order valence-corrected chi connectivity index (χ1v) is 11.4. The molecule has 0 aromatic carbocycles. The van der Waals surface area contributed by atoms with E-state index in [4.69, 9.17) is 0 Å². The Morgan fingerprint density at radius 1 is 0.778 bits per heavy atom. The van der Waals surface area contributed by atoms with Crippen LogP contribution in [0.2, 0.25) is 0 Å². The monoisotopic (exact) mass is 384 g/mol. The van der Waals surface area contributed by atoms with Gasteiger partial charge in [-0.2, -0.15) is 0 Å². The van der Waals surface area contributed by atoms with Crippen molar-refractivity contribution in [2.24, 2.45) is 29.6 Å². The van der Waals surface area contributed by atoms with Gasteiger partial charge in [-0.15, -0.1) is 0 Å².